The molecule has 7 nitrogen and oxygen atoms in total. The van der Waals surface area contributed by atoms with Gasteiger partial charge >= 0.3 is 0 Å². The van der Waals surface area contributed by atoms with Crippen LogP contribution in [0.2, 0.25) is 0 Å². The topological polar surface area (TPSA) is 76.6 Å². The van der Waals surface area contributed by atoms with E-state index in [2.05, 4.69) is 20.2 Å². The number of hydrogen-bond donors (Lipinski definition) is 1. The maximum absolute atomic E-state index is 12.2. The Labute approximate surface area is 147 Å². The fourth-order valence-electron chi connectivity index (χ4n) is 2.63. The molecule has 1 fully saturated rings. The molecule has 0 radical (unpaired) electrons. The van der Waals surface area contributed by atoms with E-state index < -0.39 is 0 Å². The Morgan fingerprint density at radius 3 is 2.84 bits per heavy atom. The Balaban J connectivity index is 1.50. The zero-order valence-corrected chi connectivity index (χ0v) is 14.3. The van der Waals surface area contributed by atoms with Gasteiger partial charge in [0, 0.05) is 19.6 Å². The van der Waals surface area contributed by atoms with Crippen molar-refractivity contribution in [2.24, 2.45) is 0 Å². The molecule has 0 bridgehead atoms. The highest BCUT2D eigenvalue weighted by molar-refractivity contribution is 5.92. The van der Waals surface area contributed by atoms with E-state index in [1.165, 1.54) is 6.20 Å². The van der Waals surface area contributed by atoms with E-state index in [0.29, 0.717) is 25.5 Å². The molecule has 1 N–H and O–H groups in total. The van der Waals surface area contributed by atoms with Crippen LogP contribution in [-0.4, -0.2) is 55.8 Å². The van der Waals surface area contributed by atoms with Crippen LogP contribution < -0.4 is 15.0 Å². The molecule has 7 heteroatoms. The smallest absolute Gasteiger partial charge is 0.271 e. The van der Waals surface area contributed by atoms with E-state index >= 15 is 0 Å². The lowest BCUT2D eigenvalue weighted by Gasteiger charge is -2.27. The van der Waals surface area contributed by atoms with E-state index in [9.17, 15) is 4.79 Å². The Morgan fingerprint density at radius 2 is 2.12 bits per heavy atom. The summed E-state index contributed by atoms with van der Waals surface area (Å²) in [5.41, 5.74) is 1.43. The van der Waals surface area contributed by atoms with E-state index in [1.54, 1.807) is 13.3 Å². The van der Waals surface area contributed by atoms with Gasteiger partial charge < -0.3 is 19.7 Å². The van der Waals surface area contributed by atoms with Crippen LogP contribution in [0.25, 0.3) is 0 Å². The number of aromatic nitrogens is 2. The van der Waals surface area contributed by atoms with Gasteiger partial charge in [0.2, 0.25) is 0 Å². The maximum atomic E-state index is 12.2. The zero-order chi connectivity index (χ0) is 17.5. The first-order valence-electron chi connectivity index (χ1n) is 8.32. The molecule has 1 aromatic heterocycles. The van der Waals surface area contributed by atoms with Crippen LogP contribution in [0.5, 0.6) is 5.75 Å². The molecule has 0 aliphatic carbocycles. The Hall–Kier alpha value is -2.67. The molecule has 1 saturated heterocycles. The van der Waals surface area contributed by atoms with Crippen molar-refractivity contribution < 1.29 is 14.3 Å². The molecule has 1 aliphatic heterocycles. The predicted octanol–water partition coefficient (Wildman–Crippen LogP) is 1.29. The molecule has 0 saturated carbocycles. The second-order valence-corrected chi connectivity index (χ2v) is 5.72. The van der Waals surface area contributed by atoms with Crippen LogP contribution in [0, 0.1) is 0 Å². The molecule has 3 rings (SSSR count). The van der Waals surface area contributed by atoms with Gasteiger partial charge in [-0.15, -0.1) is 0 Å². The van der Waals surface area contributed by atoms with Gasteiger partial charge in [0.05, 0.1) is 32.7 Å². The summed E-state index contributed by atoms with van der Waals surface area (Å²) in [5, 5.41) is 2.87. The minimum absolute atomic E-state index is 0.219. The van der Waals surface area contributed by atoms with Crippen LogP contribution in [0.1, 0.15) is 16.1 Å². The number of rotatable bonds is 6. The first kappa shape index (κ1) is 17.2. The number of nitrogens with zero attached hydrogens (tertiary/aromatic N) is 3. The Morgan fingerprint density at radius 1 is 1.28 bits per heavy atom. The number of methoxy groups -OCH3 is 1. The van der Waals surface area contributed by atoms with Crippen molar-refractivity contribution in [3.8, 4) is 5.75 Å². The molecule has 1 aromatic carbocycles. The van der Waals surface area contributed by atoms with Gasteiger partial charge in [0.25, 0.3) is 5.91 Å². The predicted molar refractivity (Wildman–Crippen MR) is 94.1 cm³/mol. The zero-order valence-electron chi connectivity index (χ0n) is 14.3. The van der Waals surface area contributed by atoms with E-state index in [0.717, 1.165) is 36.6 Å². The molecule has 1 aliphatic rings. The fourth-order valence-corrected chi connectivity index (χ4v) is 2.63. The van der Waals surface area contributed by atoms with Crippen molar-refractivity contribution in [2.75, 3.05) is 44.9 Å². The van der Waals surface area contributed by atoms with Crippen molar-refractivity contribution in [3.63, 3.8) is 0 Å². The third-order valence-electron chi connectivity index (χ3n) is 4.04. The molecule has 2 heterocycles. The summed E-state index contributed by atoms with van der Waals surface area (Å²) in [4.78, 5) is 22.8. The number of carbonyl (C=O) groups excluding carboxylic acids is 1. The lowest BCUT2D eigenvalue weighted by molar-refractivity contribution is 0.0948. The second kappa shape index (κ2) is 8.43. The summed E-state index contributed by atoms with van der Waals surface area (Å²) in [5.74, 6) is 1.37. The summed E-state index contributed by atoms with van der Waals surface area (Å²) in [6.07, 6.45) is 3.89. The van der Waals surface area contributed by atoms with Gasteiger partial charge in [-0.25, -0.2) is 9.97 Å². The number of morpholine rings is 1. The minimum atomic E-state index is -0.219. The molecule has 0 spiro atoms. The SMILES string of the molecule is COc1cccc(CCNC(=O)c2cnc(N3CCOCC3)cn2)c1. The summed E-state index contributed by atoms with van der Waals surface area (Å²) in [7, 11) is 1.64. The highest BCUT2D eigenvalue weighted by Gasteiger charge is 2.14. The van der Waals surface area contributed by atoms with Crippen LogP contribution in [0.15, 0.2) is 36.7 Å². The third kappa shape index (κ3) is 4.67. The standard InChI is InChI=1S/C18H22N4O3/c1-24-15-4-2-3-14(11-15)5-6-19-18(23)16-12-21-17(13-20-16)22-7-9-25-10-8-22/h2-4,11-13H,5-10H2,1H3,(H,19,23). The fraction of sp³-hybridized carbons (Fsp3) is 0.389. The largest absolute Gasteiger partial charge is 0.497 e. The number of hydrogen-bond acceptors (Lipinski definition) is 6. The molecule has 0 atom stereocenters. The first-order valence-corrected chi connectivity index (χ1v) is 8.32. The summed E-state index contributed by atoms with van der Waals surface area (Å²) in [6.45, 7) is 3.49. The van der Waals surface area contributed by atoms with Crippen molar-refractivity contribution in [2.45, 2.75) is 6.42 Å². The van der Waals surface area contributed by atoms with Crippen molar-refractivity contribution in [1.29, 1.82) is 0 Å². The third-order valence-corrected chi connectivity index (χ3v) is 4.04. The van der Waals surface area contributed by atoms with Crippen LogP contribution in [0.3, 0.4) is 0 Å². The summed E-state index contributed by atoms with van der Waals surface area (Å²) in [6, 6.07) is 7.80. The number of amides is 1. The molecule has 0 unspecified atom stereocenters. The molecule has 2 aromatic rings. The van der Waals surface area contributed by atoms with Gasteiger partial charge in [-0.1, -0.05) is 12.1 Å². The average molecular weight is 342 g/mol. The van der Waals surface area contributed by atoms with Crippen LogP contribution in [0.4, 0.5) is 5.82 Å². The lowest BCUT2D eigenvalue weighted by atomic mass is 10.1. The van der Waals surface area contributed by atoms with Crippen molar-refractivity contribution >= 4 is 11.7 Å². The van der Waals surface area contributed by atoms with Gasteiger partial charge in [-0.05, 0) is 24.1 Å². The number of nitrogens with one attached hydrogen (secondary N) is 1. The van der Waals surface area contributed by atoms with E-state index in [4.69, 9.17) is 9.47 Å². The molecular weight excluding hydrogens is 320 g/mol. The molecule has 1 amide bonds. The molecular formula is C18H22N4O3. The number of carbonyl (C=O) groups is 1. The highest BCUT2D eigenvalue weighted by Crippen LogP contribution is 2.13. The highest BCUT2D eigenvalue weighted by atomic mass is 16.5. The quantitative estimate of drug-likeness (QED) is 0.853. The van der Waals surface area contributed by atoms with Gasteiger partial charge in [0.15, 0.2) is 0 Å². The van der Waals surface area contributed by atoms with E-state index in [-0.39, 0.29) is 5.91 Å². The van der Waals surface area contributed by atoms with Crippen LogP contribution >= 0.6 is 0 Å². The van der Waals surface area contributed by atoms with Gasteiger partial charge in [-0.2, -0.15) is 0 Å². The van der Waals surface area contributed by atoms with Gasteiger partial charge in [-0.3, -0.25) is 4.79 Å². The summed E-state index contributed by atoms with van der Waals surface area (Å²) < 4.78 is 10.5. The Bertz CT molecular complexity index is 700. The normalized spacial score (nSPS) is 14.2. The second-order valence-electron chi connectivity index (χ2n) is 5.72. The first-order chi connectivity index (χ1) is 12.3. The lowest BCUT2D eigenvalue weighted by Crippen LogP contribution is -2.37. The Kier molecular flexibility index (Phi) is 5.79. The monoisotopic (exact) mass is 342 g/mol. The van der Waals surface area contributed by atoms with Crippen molar-refractivity contribution in [3.05, 3.63) is 47.9 Å². The maximum Gasteiger partial charge on any atom is 0.271 e. The van der Waals surface area contributed by atoms with Crippen LogP contribution in [-0.2, 0) is 11.2 Å². The van der Waals surface area contributed by atoms with Gasteiger partial charge in [0.1, 0.15) is 17.3 Å². The molecule has 132 valence electrons. The number of anilines is 1. The summed E-state index contributed by atoms with van der Waals surface area (Å²) >= 11 is 0. The number of ether oxygens (including phenoxy) is 2. The number of benzene rings is 1. The van der Waals surface area contributed by atoms with E-state index in [1.807, 2.05) is 24.3 Å². The van der Waals surface area contributed by atoms with Crippen molar-refractivity contribution in [1.82, 2.24) is 15.3 Å². The molecule has 25 heavy (non-hydrogen) atoms. The average Bonchev–Trinajstić information content (AvgIpc) is 2.69. The minimum Gasteiger partial charge on any atom is -0.497 e.